The Morgan fingerprint density at radius 1 is 1.11 bits per heavy atom. The first-order chi connectivity index (χ1) is 17.5. The van der Waals surface area contributed by atoms with Crippen molar-refractivity contribution in [1.82, 2.24) is 15.2 Å². The molecular weight excluding hydrogens is 493 g/mol. The molecule has 37 heavy (non-hydrogen) atoms. The van der Waals surface area contributed by atoms with Crippen LogP contribution < -0.4 is 14.5 Å². The third-order valence-electron chi connectivity index (χ3n) is 5.19. The summed E-state index contributed by atoms with van der Waals surface area (Å²) in [5.41, 5.74) is 1.10. The van der Waals surface area contributed by atoms with Crippen LogP contribution in [0.3, 0.4) is 0 Å². The maximum atomic E-state index is 13.6. The predicted molar refractivity (Wildman–Crippen MR) is 125 cm³/mol. The molecule has 1 N–H and O–H groups in total. The summed E-state index contributed by atoms with van der Waals surface area (Å²) in [4.78, 5) is 23.6. The van der Waals surface area contributed by atoms with E-state index in [1.54, 1.807) is 31.2 Å². The number of nitrogens with zero attached hydrogens (tertiary/aromatic N) is 4. The first-order valence-electron chi connectivity index (χ1n) is 11.2. The zero-order chi connectivity index (χ0) is 26.7. The molecule has 3 aromatic rings. The first-order valence-corrected chi connectivity index (χ1v) is 11.2. The van der Waals surface area contributed by atoms with Crippen molar-refractivity contribution in [2.45, 2.75) is 39.3 Å². The van der Waals surface area contributed by atoms with E-state index in [-0.39, 0.29) is 35.4 Å². The Bertz CT molecular complexity index is 1280. The topological polar surface area (TPSA) is 107 Å². The molecule has 2 aromatic heterocycles. The van der Waals surface area contributed by atoms with Crippen LogP contribution in [0.4, 0.5) is 19.0 Å². The van der Waals surface area contributed by atoms with E-state index in [1.807, 2.05) is 13.8 Å². The first kappa shape index (κ1) is 25.9. The standard InChI is InChI=1S/C25H23F3N4O5/c1-14(2)36-21-11-7-17(12-29-21)23-22(19(33)13-35-32(23)20-10-4-15(3)30-31-20)24(34)16-5-8-18(9-6-16)37-25(26,27)28/h4-12,14,23,33H,13H2,1-3H3. The van der Waals surface area contributed by atoms with Gasteiger partial charge in [-0.3, -0.25) is 9.63 Å². The van der Waals surface area contributed by atoms with Gasteiger partial charge >= 0.3 is 6.36 Å². The third-order valence-corrected chi connectivity index (χ3v) is 5.19. The normalized spacial score (nSPS) is 16.2. The SMILES string of the molecule is Cc1ccc(N2OCC(O)=C(C(=O)c3ccc(OC(F)(F)F)cc3)C2c2ccc(OC(C)C)nc2)nn1. The number of ketones is 1. The summed E-state index contributed by atoms with van der Waals surface area (Å²) in [7, 11) is 0. The zero-order valence-corrected chi connectivity index (χ0v) is 20.1. The van der Waals surface area contributed by atoms with Crippen LogP contribution in [0.25, 0.3) is 0 Å². The van der Waals surface area contributed by atoms with Crippen molar-refractivity contribution in [2.75, 3.05) is 11.7 Å². The average molecular weight is 516 g/mol. The van der Waals surface area contributed by atoms with Gasteiger partial charge in [-0.25, -0.2) is 10.0 Å². The summed E-state index contributed by atoms with van der Waals surface area (Å²) in [6.07, 6.45) is -3.50. The second-order valence-corrected chi connectivity index (χ2v) is 8.39. The van der Waals surface area contributed by atoms with Crippen LogP contribution in [-0.4, -0.2) is 45.1 Å². The van der Waals surface area contributed by atoms with Gasteiger partial charge < -0.3 is 14.6 Å². The Labute approximate surface area is 210 Å². The fraction of sp³-hybridized carbons (Fsp3) is 0.280. The minimum absolute atomic E-state index is 0.0330. The van der Waals surface area contributed by atoms with Crippen LogP contribution in [0.2, 0.25) is 0 Å². The van der Waals surface area contributed by atoms with Gasteiger partial charge in [-0.15, -0.1) is 18.3 Å². The van der Waals surface area contributed by atoms with Gasteiger partial charge in [0.1, 0.15) is 24.2 Å². The number of alkyl halides is 3. The predicted octanol–water partition coefficient (Wildman–Crippen LogP) is 5.05. The summed E-state index contributed by atoms with van der Waals surface area (Å²) in [6.45, 7) is 5.12. The summed E-state index contributed by atoms with van der Waals surface area (Å²) < 4.78 is 47.1. The molecule has 0 bridgehead atoms. The molecular formula is C25H23F3N4O5. The molecule has 3 heterocycles. The molecule has 1 atom stereocenters. The Balaban J connectivity index is 1.74. The summed E-state index contributed by atoms with van der Waals surface area (Å²) in [6, 6.07) is 10.0. The molecule has 1 aromatic carbocycles. The van der Waals surface area contributed by atoms with Crippen molar-refractivity contribution < 1.29 is 37.4 Å². The number of hydroxylamine groups is 1. The number of rotatable bonds is 7. The number of benzene rings is 1. The Hall–Kier alpha value is -4.19. The minimum Gasteiger partial charge on any atom is -0.509 e. The zero-order valence-electron chi connectivity index (χ0n) is 20.1. The highest BCUT2D eigenvalue weighted by Gasteiger charge is 2.38. The van der Waals surface area contributed by atoms with Gasteiger partial charge in [0.2, 0.25) is 5.88 Å². The number of aromatic nitrogens is 3. The average Bonchev–Trinajstić information content (AvgIpc) is 2.84. The van der Waals surface area contributed by atoms with Crippen molar-refractivity contribution in [2.24, 2.45) is 0 Å². The monoisotopic (exact) mass is 516 g/mol. The van der Waals surface area contributed by atoms with E-state index in [1.165, 1.54) is 23.4 Å². The molecule has 0 radical (unpaired) electrons. The molecule has 0 spiro atoms. The van der Waals surface area contributed by atoms with E-state index in [0.717, 1.165) is 12.1 Å². The van der Waals surface area contributed by atoms with Gasteiger partial charge in [0.25, 0.3) is 0 Å². The van der Waals surface area contributed by atoms with Crippen molar-refractivity contribution in [3.8, 4) is 11.6 Å². The summed E-state index contributed by atoms with van der Waals surface area (Å²) in [5, 5.41) is 20.3. The van der Waals surface area contributed by atoms with Crippen LogP contribution in [0, 0.1) is 6.92 Å². The van der Waals surface area contributed by atoms with E-state index < -0.39 is 23.9 Å². The number of aliphatic hydroxyl groups excluding tert-OH is 1. The molecule has 0 aliphatic carbocycles. The highest BCUT2D eigenvalue weighted by atomic mass is 19.4. The van der Waals surface area contributed by atoms with Crippen LogP contribution in [0.15, 0.2) is 66.1 Å². The van der Waals surface area contributed by atoms with Gasteiger partial charge in [-0.2, -0.15) is 5.10 Å². The van der Waals surface area contributed by atoms with Gasteiger partial charge in [0.05, 0.1) is 17.4 Å². The number of aliphatic hydroxyl groups is 1. The number of hydrogen-bond acceptors (Lipinski definition) is 9. The van der Waals surface area contributed by atoms with Crippen molar-refractivity contribution in [1.29, 1.82) is 0 Å². The van der Waals surface area contributed by atoms with E-state index in [4.69, 9.17) is 9.57 Å². The minimum atomic E-state index is -4.87. The van der Waals surface area contributed by atoms with Gasteiger partial charge in [0.15, 0.2) is 11.6 Å². The lowest BCUT2D eigenvalue weighted by Crippen LogP contribution is -2.39. The summed E-state index contributed by atoms with van der Waals surface area (Å²) in [5.74, 6) is -0.822. The van der Waals surface area contributed by atoms with Gasteiger partial charge in [-0.05, 0) is 63.2 Å². The molecule has 4 rings (SSSR count). The van der Waals surface area contributed by atoms with E-state index in [9.17, 15) is 23.1 Å². The Morgan fingerprint density at radius 3 is 2.41 bits per heavy atom. The van der Waals surface area contributed by atoms with Gasteiger partial charge in [-0.1, -0.05) is 0 Å². The second kappa shape index (κ2) is 10.4. The highest BCUT2D eigenvalue weighted by Crippen LogP contribution is 2.39. The van der Waals surface area contributed by atoms with Gasteiger partial charge in [0, 0.05) is 23.4 Å². The maximum Gasteiger partial charge on any atom is 0.573 e. The van der Waals surface area contributed by atoms with Crippen LogP contribution >= 0.6 is 0 Å². The lowest BCUT2D eigenvalue weighted by molar-refractivity contribution is -0.274. The van der Waals surface area contributed by atoms with Crippen LogP contribution in [0.5, 0.6) is 11.6 Å². The smallest absolute Gasteiger partial charge is 0.509 e. The molecule has 1 unspecified atom stereocenters. The second-order valence-electron chi connectivity index (χ2n) is 8.39. The van der Waals surface area contributed by atoms with Crippen LogP contribution in [0.1, 0.15) is 41.5 Å². The lowest BCUT2D eigenvalue weighted by atomic mass is 9.90. The Kier molecular flexibility index (Phi) is 7.30. The van der Waals surface area contributed by atoms with Crippen molar-refractivity contribution >= 4 is 11.6 Å². The number of halogens is 3. The van der Waals surface area contributed by atoms with E-state index >= 15 is 0 Å². The largest absolute Gasteiger partial charge is 0.573 e. The number of pyridine rings is 1. The number of carbonyl (C=O) groups is 1. The number of hydrogen-bond donors (Lipinski definition) is 1. The lowest BCUT2D eigenvalue weighted by Gasteiger charge is -2.36. The fourth-order valence-electron chi connectivity index (χ4n) is 3.65. The molecule has 9 nitrogen and oxygen atoms in total. The highest BCUT2D eigenvalue weighted by molar-refractivity contribution is 6.10. The number of ether oxygens (including phenoxy) is 2. The van der Waals surface area contributed by atoms with Crippen LogP contribution in [-0.2, 0) is 4.84 Å². The molecule has 12 heteroatoms. The summed E-state index contributed by atoms with van der Waals surface area (Å²) >= 11 is 0. The molecule has 0 saturated heterocycles. The molecule has 194 valence electrons. The van der Waals surface area contributed by atoms with Crippen molar-refractivity contribution in [3.05, 3.63) is 82.9 Å². The van der Waals surface area contributed by atoms with E-state index in [0.29, 0.717) is 17.1 Å². The molecule has 0 amide bonds. The number of carbonyl (C=O) groups excluding carboxylic acids is 1. The molecule has 0 saturated carbocycles. The molecule has 1 aliphatic rings. The number of Topliss-reactive ketones (excluding diaryl/α,β-unsaturated/α-hetero) is 1. The Morgan fingerprint density at radius 2 is 1.84 bits per heavy atom. The third kappa shape index (κ3) is 6.15. The van der Waals surface area contributed by atoms with E-state index in [2.05, 4.69) is 19.9 Å². The van der Waals surface area contributed by atoms with Crippen molar-refractivity contribution in [3.63, 3.8) is 0 Å². The molecule has 0 fully saturated rings. The number of anilines is 1. The quantitative estimate of drug-likeness (QED) is 0.432. The molecule has 1 aliphatic heterocycles. The number of aryl methyl sites for hydroxylation is 1. The fourth-order valence-corrected chi connectivity index (χ4v) is 3.65. The maximum absolute atomic E-state index is 13.6.